The maximum absolute atomic E-state index is 12.6. The number of carbonyl (C=O) groups is 1. The van der Waals surface area contributed by atoms with Crippen molar-refractivity contribution in [2.45, 2.75) is 12.8 Å². The minimum atomic E-state index is -3.53. The molecule has 122 valence electrons. The number of carbonyl (C=O) groups excluding carboxylic acids is 1. The molecule has 1 aliphatic heterocycles. The average molecular weight is 346 g/mol. The van der Waals surface area contributed by atoms with Crippen LogP contribution in [0.3, 0.4) is 0 Å². The summed E-state index contributed by atoms with van der Waals surface area (Å²) in [5.74, 6) is -0.402. The van der Waals surface area contributed by atoms with Gasteiger partial charge >= 0.3 is 0 Å². The van der Waals surface area contributed by atoms with E-state index in [4.69, 9.17) is 16.7 Å². The van der Waals surface area contributed by atoms with Crippen molar-refractivity contribution in [2.75, 3.05) is 31.2 Å². The molecular formula is C14H20ClN3O3S. The second-order valence-electron chi connectivity index (χ2n) is 5.53. The molecule has 0 spiro atoms. The Balaban J connectivity index is 2.15. The van der Waals surface area contributed by atoms with Crippen molar-refractivity contribution in [2.24, 2.45) is 11.1 Å². The Labute approximate surface area is 135 Å². The molecule has 0 aliphatic carbocycles. The topological polar surface area (TPSA) is 92.5 Å². The Kier molecular flexibility index (Phi) is 5.31. The van der Waals surface area contributed by atoms with Gasteiger partial charge in [-0.1, -0.05) is 11.6 Å². The fourth-order valence-electron chi connectivity index (χ4n) is 2.73. The van der Waals surface area contributed by atoms with Crippen molar-refractivity contribution in [1.82, 2.24) is 4.90 Å². The Morgan fingerprint density at radius 3 is 2.86 bits per heavy atom. The number of sulfonamides is 1. The first-order chi connectivity index (χ1) is 10.3. The van der Waals surface area contributed by atoms with Gasteiger partial charge in [0.15, 0.2) is 0 Å². The number of piperidine rings is 1. The zero-order valence-corrected chi connectivity index (χ0v) is 14.0. The van der Waals surface area contributed by atoms with Crippen molar-refractivity contribution in [3.63, 3.8) is 0 Å². The average Bonchev–Trinajstić information content (AvgIpc) is 2.45. The van der Waals surface area contributed by atoms with Crippen LogP contribution < -0.4 is 10.5 Å². The summed E-state index contributed by atoms with van der Waals surface area (Å²) in [4.78, 5) is 14.3. The summed E-state index contributed by atoms with van der Waals surface area (Å²) in [6.45, 7) is 0.982. The van der Waals surface area contributed by atoms with Gasteiger partial charge in [-0.25, -0.2) is 13.6 Å². The molecule has 22 heavy (non-hydrogen) atoms. The van der Waals surface area contributed by atoms with Gasteiger partial charge in [0.2, 0.25) is 10.0 Å². The van der Waals surface area contributed by atoms with Gasteiger partial charge in [0, 0.05) is 25.8 Å². The normalized spacial score (nSPS) is 19.0. The number of nitrogens with zero attached hydrogens (tertiary/aromatic N) is 1. The summed E-state index contributed by atoms with van der Waals surface area (Å²) in [7, 11) is -1.77. The Morgan fingerprint density at radius 1 is 1.50 bits per heavy atom. The van der Waals surface area contributed by atoms with Gasteiger partial charge in [0.25, 0.3) is 5.91 Å². The summed E-state index contributed by atoms with van der Waals surface area (Å²) in [5, 5.41) is 8.45. The molecule has 0 aromatic heterocycles. The molecule has 1 heterocycles. The molecule has 3 N–H and O–H groups in total. The molecule has 0 radical (unpaired) electrons. The monoisotopic (exact) mass is 345 g/mol. The fraction of sp³-hybridized carbons (Fsp3) is 0.500. The number of nitrogens with two attached hydrogens (primary N) is 1. The Bertz CT molecular complexity index is 663. The van der Waals surface area contributed by atoms with Crippen LogP contribution in [-0.2, 0) is 10.0 Å². The summed E-state index contributed by atoms with van der Waals surface area (Å²) in [6.07, 6.45) is 1.51. The number of benzene rings is 1. The molecule has 6 nitrogen and oxygen atoms in total. The summed E-state index contributed by atoms with van der Waals surface area (Å²) < 4.78 is 22.5. The predicted molar refractivity (Wildman–Crippen MR) is 87.6 cm³/mol. The van der Waals surface area contributed by atoms with Crippen molar-refractivity contribution in [1.29, 1.82) is 0 Å². The number of amides is 1. The standard InChI is InChI=1S/C14H20ClN3O3S/c1-17-11-4-5-13(15)12(7-11)14(19)18-6-2-3-10(8-18)9-22(16,20)21/h4-5,7,10,17H,2-3,6,8-9H2,1H3,(H2,16,20,21). The molecule has 1 fully saturated rings. The van der Waals surface area contributed by atoms with E-state index in [1.165, 1.54) is 0 Å². The van der Waals surface area contributed by atoms with E-state index in [0.29, 0.717) is 23.7 Å². The van der Waals surface area contributed by atoms with Crippen LogP contribution in [0.4, 0.5) is 5.69 Å². The van der Waals surface area contributed by atoms with Gasteiger partial charge in [-0.15, -0.1) is 0 Å². The minimum Gasteiger partial charge on any atom is -0.388 e. The number of nitrogens with one attached hydrogen (secondary N) is 1. The second kappa shape index (κ2) is 6.85. The number of anilines is 1. The number of rotatable bonds is 4. The summed E-state index contributed by atoms with van der Waals surface area (Å²) in [5.41, 5.74) is 1.22. The fourth-order valence-corrected chi connectivity index (χ4v) is 3.86. The maximum Gasteiger partial charge on any atom is 0.255 e. The molecule has 0 bridgehead atoms. The van der Waals surface area contributed by atoms with Gasteiger partial charge in [-0.05, 0) is 37.0 Å². The highest BCUT2D eigenvalue weighted by Crippen LogP contribution is 2.25. The lowest BCUT2D eigenvalue weighted by molar-refractivity contribution is 0.0684. The van der Waals surface area contributed by atoms with Gasteiger partial charge < -0.3 is 10.2 Å². The number of primary sulfonamides is 1. The third-order valence-corrected chi connectivity index (χ3v) is 5.03. The van der Waals surface area contributed by atoms with Crippen LogP contribution >= 0.6 is 11.6 Å². The van der Waals surface area contributed by atoms with E-state index in [9.17, 15) is 13.2 Å². The molecule has 1 aliphatic rings. The Hall–Kier alpha value is -1.31. The van der Waals surface area contributed by atoms with Crippen LogP contribution in [0, 0.1) is 5.92 Å². The lowest BCUT2D eigenvalue weighted by atomic mass is 9.99. The first-order valence-electron chi connectivity index (χ1n) is 7.07. The molecule has 8 heteroatoms. The molecule has 1 aromatic rings. The van der Waals surface area contributed by atoms with Gasteiger partial charge in [0.1, 0.15) is 0 Å². The third kappa shape index (κ3) is 4.34. The second-order valence-corrected chi connectivity index (χ2v) is 7.60. The van der Waals surface area contributed by atoms with Crippen LogP contribution in [0.2, 0.25) is 5.02 Å². The highest BCUT2D eigenvalue weighted by Gasteiger charge is 2.27. The molecule has 2 rings (SSSR count). The molecular weight excluding hydrogens is 326 g/mol. The van der Waals surface area contributed by atoms with Crippen molar-refractivity contribution < 1.29 is 13.2 Å². The van der Waals surface area contributed by atoms with Crippen molar-refractivity contribution in [3.8, 4) is 0 Å². The molecule has 1 unspecified atom stereocenters. The highest BCUT2D eigenvalue weighted by atomic mass is 35.5. The lowest BCUT2D eigenvalue weighted by Crippen LogP contribution is -2.42. The van der Waals surface area contributed by atoms with Crippen molar-refractivity contribution >= 4 is 33.2 Å². The van der Waals surface area contributed by atoms with E-state index in [1.54, 1.807) is 30.1 Å². The number of halogens is 1. The number of hydrogen-bond acceptors (Lipinski definition) is 4. The first-order valence-corrected chi connectivity index (χ1v) is 9.16. The van der Waals surface area contributed by atoms with E-state index in [0.717, 1.165) is 18.5 Å². The maximum atomic E-state index is 12.6. The van der Waals surface area contributed by atoms with E-state index in [2.05, 4.69) is 5.32 Å². The summed E-state index contributed by atoms with van der Waals surface area (Å²) >= 11 is 6.12. The quantitative estimate of drug-likeness (QED) is 0.865. The number of hydrogen-bond donors (Lipinski definition) is 2. The predicted octanol–water partition coefficient (Wildman–Crippen LogP) is 1.52. The van der Waals surface area contributed by atoms with Crippen LogP contribution in [0.25, 0.3) is 0 Å². The Morgan fingerprint density at radius 2 is 2.23 bits per heavy atom. The van der Waals surface area contributed by atoms with Crippen molar-refractivity contribution in [3.05, 3.63) is 28.8 Å². The van der Waals surface area contributed by atoms with Crippen LogP contribution in [0.1, 0.15) is 23.2 Å². The zero-order chi connectivity index (χ0) is 16.3. The summed E-state index contributed by atoms with van der Waals surface area (Å²) in [6, 6.07) is 5.17. The van der Waals surface area contributed by atoms with Gasteiger partial charge in [0.05, 0.1) is 16.3 Å². The molecule has 1 saturated heterocycles. The molecule has 0 saturated carbocycles. The third-order valence-electron chi connectivity index (χ3n) is 3.76. The van der Waals surface area contributed by atoms with E-state index < -0.39 is 10.0 Å². The zero-order valence-electron chi connectivity index (χ0n) is 12.4. The highest BCUT2D eigenvalue weighted by molar-refractivity contribution is 7.89. The largest absolute Gasteiger partial charge is 0.388 e. The van der Waals surface area contributed by atoms with Crippen LogP contribution in [-0.4, -0.2) is 45.1 Å². The van der Waals surface area contributed by atoms with Gasteiger partial charge in [-0.2, -0.15) is 0 Å². The SMILES string of the molecule is CNc1ccc(Cl)c(C(=O)N2CCCC(CS(N)(=O)=O)C2)c1. The first kappa shape index (κ1) is 17.1. The van der Waals surface area contributed by atoms with Gasteiger partial charge in [-0.3, -0.25) is 4.79 Å². The van der Waals surface area contributed by atoms with E-state index >= 15 is 0 Å². The molecule has 1 amide bonds. The smallest absolute Gasteiger partial charge is 0.255 e. The molecule has 1 atom stereocenters. The van der Waals surface area contributed by atoms with E-state index in [-0.39, 0.29) is 17.6 Å². The lowest BCUT2D eigenvalue weighted by Gasteiger charge is -2.32. The minimum absolute atomic E-state index is 0.0962. The van der Waals surface area contributed by atoms with Crippen LogP contribution in [0.15, 0.2) is 18.2 Å². The van der Waals surface area contributed by atoms with E-state index in [1.807, 2.05) is 0 Å². The van der Waals surface area contributed by atoms with Crippen LogP contribution in [0.5, 0.6) is 0 Å². The number of likely N-dealkylation sites (tertiary alicyclic amines) is 1. The molecule has 1 aromatic carbocycles.